The number of hydrogen-bond acceptors (Lipinski definition) is 2. The van der Waals surface area contributed by atoms with Crippen molar-refractivity contribution in [3.8, 4) is 17.6 Å². The van der Waals surface area contributed by atoms with Gasteiger partial charge in [-0.1, -0.05) is 32.0 Å². The summed E-state index contributed by atoms with van der Waals surface area (Å²) >= 11 is 0. The summed E-state index contributed by atoms with van der Waals surface area (Å²) in [6, 6.07) is 15.9. The molecule has 0 aromatic heterocycles. The van der Waals surface area contributed by atoms with E-state index in [0.29, 0.717) is 11.5 Å². The standard InChI is InChI=1S/C18H19NO/c1-4-13(2)17-7-5-6-8-18(17)20-16-10-9-15(12-19)14(3)11-16/h5-11,13H,4H2,1-3H3. The van der Waals surface area contributed by atoms with Gasteiger partial charge in [-0.3, -0.25) is 0 Å². The Hall–Kier alpha value is -2.27. The molecule has 0 radical (unpaired) electrons. The van der Waals surface area contributed by atoms with Crippen LogP contribution >= 0.6 is 0 Å². The first-order valence-corrected chi connectivity index (χ1v) is 6.93. The molecule has 1 atom stereocenters. The lowest BCUT2D eigenvalue weighted by Crippen LogP contribution is -1.96. The predicted molar refractivity (Wildman–Crippen MR) is 81.1 cm³/mol. The molecule has 0 fully saturated rings. The van der Waals surface area contributed by atoms with E-state index >= 15 is 0 Å². The predicted octanol–water partition coefficient (Wildman–Crippen LogP) is 5.17. The molecule has 0 aliphatic rings. The van der Waals surface area contributed by atoms with Gasteiger partial charge in [0.05, 0.1) is 11.6 Å². The highest BCUT2D eigenvalue weighted by Crippen LogP contribution is 2.32. The fraction of sp³-hybridized carbons (Fsp3) is 0.278. The van der Waals surface area contributed by atoms with E-state index in [2.05, 4.69) is 26.0 Å². The third-order valence-corrected chi connectivity index (χ3v) is 3.61. The quantitative estimate of drug-likeness (QED) is 0.763. The van der Waals surface area contributed by atoms with Gasteiger partial charge in [0, 0.05) is 0 Å². The molecule has 0 heterocycles. The van der Waals surface area contributed by atoms with Gasteiger partial charge in [-0.05, 0) is 54.7 Å². The average Bonchev–Trinajstić information content (AvgIpc) is 2.47. The van der Waals surface area contributed by atoms with E-state index in [-0.39, 0.29) is 0 Å². The first kappa shape index (κ1) is 14.1. The topological polar surface area (TPSA) is 33.0 Å². The number of ether oxygens (including phenoxy) is 1. The maximum atomic E-state index is 8.96. The summed E-state index contributed by atoms with van der Waals surface area (Å²) in [5, 5.41) is 8.96. The third-order valence-electron chi connectivity index (χ3n) is 3.61. The zero-order valence-electron chi connectivity index (χ0n) is 12.2. The van der Waals surface area contributed by atoms with E-state index < -0.39 is 0 Å². The van der Waals surface area contributed by atoms with Gasteiger partial charge in [-0.15, -0.1) is 0 Å². The summed E-state index contributed by atoms with van der Waals surface area (Å²) in [7, 11) is 0. The summed E-state index contributed by atoms with van der Waals surface area (Å²) in [5.74, 6) is 2.13. The second-order valence-electron chi connectivity index (χ2n) is 5.04. The summed E-state index contributed by atoms with van der Waals surface area (Å²) in [6.45, 7) is 6.30. The lowest BCUT2D eigenvalue weighted by atomic mass is 9.98. The van der Waals surface area contributed by atoms with Crippen LogP contribution < -0.4 is 4.74 Å². The molecule has 20 heavy (non-hydrogen) atoms. The minimum absolute atomic E-state index is 0.464. The van der Waals surface area contributed by atoms with Crippen molar-refractivity contribution in [2.24, 2.45) is 0 Å². The van der Waals surface area contributed by atoms with Crippen molar-refractivity contribution in [2.45, 2.75) is 33.1 Å². The molecule has 0 aliphatic heterocycles. The molecule has 0 N–H and O–H groups in total. The number of para-hydroxylation sites is 1. The van der Waals surface area contributed by atoms with Gasteiger partial charge >= 0.3 is 0 Å². The lowest BCUT2D eigenvalue weighted by molar-refractivity contribution is 0.470. The average molecular weight is 265 g/mol. The third kappa shape index (κ3) is 3.00. The molecule has 0 aliphatic carbocycles. The van der Waals surface area contributed by atoms with Crippen LogP contribution in [-0.2, 0) is 0 Å². The van der Waals surface area contributed by atoms with Crippen molar-refractivity contribution >= 4 is 0 Å². The molecular formula is C18H19NO. The summed E-state index contributed by atoms with van der Waals surface area (Å²) in [6.07, 6.45) is 1.08. The van der Waals surface area contributed by atoms with Gasteiger partial charge in [0.15, 0.2) is 0 Å². The van der Waals surface area contributed by atoms with Crippen molar-refractivity contribution < 1.29 is 4.74 Å². The molecule has 0 amide bonds. The van der Waals surface area contributed by atoms with Gasteiger partial charge in [0.25, 0.3) is 0 Å². The SMILES string of the molecule is CCC(C)c1ccccc1Oc1ccc(C#N)c(C)c1. The van der Waals surface area contributed by atoms with Crippen LogP contribution in [0.5, 0.6) is 11.5 Å². The van der Waals surface area contributed by atoms with Crippen LogP contribution in [-0.4, -0.2) is 0 Å². The lowest BCUT2D eigenvalue weighted by Gasteiger charge is -2.15. The van der Waals surface area contributed by atoms with Crippen LogP contribution in [0.15, 0.2) is 42.5 Å². The van der Waals surface area contributed by atoms with Gasteiger partial charge in [0.2, 0.25) is 0 Å². The van der Waals surface area contributed by atoms with Crippen molar-refractivity contribution in [2.75, 3.05) is 0 Å². The maximum Gasteiger partial charge on any atom is 0.130 e. The van der Waals surface area contributed by atoms with Crippen molar-refractivity contribution in [1.29, 1.82) is 5.26 Å². The number of nitriles is 1. The van der Waals surface area contributed by atoms with Crippen molar-refractivity contribution in [3.05, 3.63) is 59.2 Å². The highest BCUT2D eigenvalue weighted by atomic mass is 16.5. The molecule has 2 aromatic carbocycles. The Labute approximate surface area is 120 Å². The molecule has 2 heteroatoms. The van der Waals surface area contributed by atoms with E-state index in [4.69, 9.17) is 10.00 Å². The van der Waals surface area contributed by atoms with Crippen LogP contribution in [0.1, 0.15) is 42.9 Å². The molecule has 2 rings (SSSR count). The number of rotatable bonds is 4. The zero-order valence-corrected chi connectivity index (χ0v) is 12.2. The van der Waals surface area contributed by atoms with Crippen LogP contribution in [0.3, 0.4) is 0 Å². The van der Waals surface area contributed by atoms with E-state index in [9.17, 15) is 0 Å². The van der Waals surface area contributed by atoms with E-state index in [0.717, 1.165) is 23.5 Å². The van der Waals surface area contributed by atoms with Gasteiger partial charge in [-0.25, -0.2) is 0 Å². The normalized spacial score (nSPS) is 11.7. The van der Waals surface area contributed by atoms with E-state index in [1.165, 1.54) is 5.56 Å². The van der Waals surface area contributed by atoms with Crippen molar-refractivity contribution in [1.82, 2.24) is 0 Å². The Balaban J connectivity index is 2.31. The van der Waals surface area contributed by atoms with Crippen LogP contribution in [0.25, 0.3) is 0 Å². The summed E-state index contributed by atoms with van der Waals surface area (Å²) < 4.78 is 6.00. The molecule has 2 aromatic rings. The van der Waals surface area contributed by atoms with Gasteiger partial charge in [-0.2, -0.15) is 5.26 Å². The maximum absolute atomic E-state index is 8.96. The number of hydrogen-bond donors (Lipinski definition) is 0. The van der Waals surface area contributed by atoms with Gasteiger partial charge in [0.1, 0.15) is 11.5 Å². The van der Waals surface area contributed by atoms with Crippen molar-refractivity contribution in [3.63, 3.8) is 0 Å². The monoisotopic (exact) mass is 265 g/mol. The minimum atomic E-state index is 0.464. The largest absolute Gasteiger partial charge is 0.457 e. The number of aryl methyl sites for hydroxylation is 1. The number of benzene rings is 2. The van der Waals surface area contributed by atoms with Crippen LogP contribution in [0.2, 0.25) is 0 Å². The Morgan fingerprint density at radius 3 is 2.60 bits per heavy atom. The summed E-state index contributed by atoms with van der Waals surface area (Å²) in [4.78, 5) is 0. The molecule has 2 nitrogen and oxygen atoms in total. The summed E-state index contributed by atoms with van der Waals surface area (Å²) in [5.41, 5.74) is 2.84. The Kier molecular flexibility index (Phi) is 4.42. The molecular weight excluding hydrogens is 246 g/mol. The molecule has 102 valence electrons. The van der Waals surface area contributed by atoms with Gasteiger partial charge < -0.3 is 4.74 Å². The molecule has 0 saturated carbocycles. The first-order valence-electron chi connectivity index (χ1n) is 6.93. The second kappa shape index (κ2) is 6.25. The van der Waals surface area contributed by atoms with Crippen LogP contribution in [0.4, 0.5) is 0 Å². The highest BCUT2D eigenvalue weighted by molar-refractivity contribution is 5.45. The minimum Gasteiger partial charge on any atom is -0.457 e. The van der Waals surface area contributed by atoms with Crippen LogP contribution in [0, 0.1) is 18.3 Å². The Morgan fingerprint density at radius 1 is 1.20 bits per heavy atom. The Morgan fingerprint density at radius 2 is 1.95 bits per heavy atom. The molecule has 1 unspecified atom stereocenters. The first-order chi connectivity index (χ1) is 9.65. The van der Waals surface area contributed by atoms with E-state index in [1.807, 2.05) is 37.3 Å². The molecule has 0 saturated heterocycles. The highest BCUT2D eigenvalue weighted by Gasteiger charge is 2.10. The smallest absolute Gasteiger partial charge is 0.130 e. The molecule has 0 bridgehead atoms. The van der Waals surface area contributed by atoms with E-state index in [1.54, 1.807) is 6.07 Å². The zero-order chi connectivity index (χ0) is 14.5. The second-order valence-corrected chi connectivity index (χ2v) is 5.04. The molecule has 0 spiro atoms. The number of nitrogens with zero attached hydrogens (tertiary/aromatic N) is 1. The Bertz CT molecular complexity index is 640. The fourth-order valence-corrected chi connectivity index (χ4v) is 2.15. The fourth-order valence-electron chi connectivity index (χ4n) is 2.15.